The molecular weight excluding hydrogens is 216 g/mol. The van der Waals surface area contributed by atoms with Crippen molar-refractivity contribution >= 4 is 11.9 Å². The van der Waals surface area contributed by atoms with Crippen molar-refractivity contribution in [2.24, 2.45) is 0 Å². The molecule has 1 aliphatic heterocycles. The van der Waals surface area contributed by atoms with Crippen molar-refractivity contribution < 1.29 is 28.9 Å². The monoisotopic (exact) mass is 232 g/mol. The van der Waals surface area contributed by atoms with Gasteiger partial charge >= 0.3 is 11.9 Å². The maximum atomic E-state index is 10.9. The molecule has 6 nitrogen and oxygen atoms in total. The number of carbonyl (C=O) groups is 2. The van der Waals surface area contributed by atoms with Crippen molar-refractivity contribution in [3.05, 3.63) is 0 Å². The van der Waals surface area contributed by atoms with E-state index in [0.29, 0.717) is 0 Å². The van der Waals surface area contributed by atoms with Crippen LogP contribution in [-0.2, 0) is 23.8 Å². The summed E-state index contributed by atoms with van der Waals surface area (Å²) in [5, 5.41) is 9.36. The van der Waals surface area contributed by atoms with Crippen LogP contribution in [0.25, 0.3) is 0 Å². The number of hydrogen-bond acceptors (Lipinski definition) is 6. The van der Waals surface area contributed by atoms with Gasteiger partial charge in [0, 0.05) is 20.3 Å². The minimum absolute atomic E-state index is 0.0991. The van der Waals surface area contributed by atoms with Gasteiger partial charge in [-0.25, -0.2) is 0 Å². The molecule has 6 heteroatoms. The fourth-order valence-electron chi connectivity index (χ4n) is 1.71. The smallest absolute Gasteiger partial charge is 0.303 e. The van der Waals surface area contributed by atoms with Gasteiger partial charge in [0.05, 0.1) is 6.10 Å². The third kappa shape index (κ3) is 3.46. The number of carbonyl (C=O) groups excluding carboxylic acids is 2. The average Bonchev–Trinajstić information content (AvgIpc) is 2.09. The Morgan fingerprint density at radius 1 is 1.25 bits per heavy atom. The van der Waals surface area contributed by atoms with Crippen LogP contribution in [0, 0.1) is 0 Å². The molecule has 0 spiro atoms. The molecule has 0 aromatic carbocycles. The number of aliphatic hydroxyl groups is 1. The van der Waals surface area contributed by atoms with E-state index in [1.54, 1.807) is 6.92 Å². The maximum absolute atomic E-state index is 10.9. The highest BCUT2D eigenvalue weighted by Gasteiger charge is 2.40. The van der Waals surface area contributed by atoms with Gasteiger partial charge in [0.1, 0.15) is 6.10 Å². The van der Waals surface area contributed by atoms with Gasteiger partial charge in [0.25, 0.3) is 0 Å². The highest BCUT2D eigenvalue weighted by molar-refractivity contribution is 5.67. The van der Waals surface area contributed by atoms with Crippen molar-refractivity contribution in [2.45, 2.75) is 51.8 Å². The molecule has 0 aromatic rings. The third-order valence-corrected chi connectivity index (χ3v) is 2.25. The van der Waals surface area contributed by atoms with Crippen LogP contribution in [0.5, 0.6) is 0 Å². The zero-order valence-electron chi connectivity index (χ0n) is 9.50. The Balaban J connectivity index is 2.71. The fraction of sp³-hybridized carbons (Fsp3) is 0.800. The molecule has 4 atom stereocenters. The van der Waals surface area contributed by atoms with Gasteiger partial charge in [-0.15, -0.1) is 0 Å². The predicted octanol–water partition coefficient (Wildman–Crippen LogP) is -0.0230. The van der Waals surface area contributed by atoms with Crippen molar-refractivity contribution in [1.29, 1.82) is 0 Å². The minimum atomic E-state index is -1.01. The van der Waals surface area contributed by atoms with E-state index in [2.05, 4.69) is 0 Å². The lowest BCUT2D eigenvalue weighted by Gasteiger charge is -2.37. The Hall–Kier alpha value is -1.14. The van der Waals surface area contributed by atoms with Gasteiger partial charge in [-0.3, -0.25) is 9.59 Å². The first-order valence-corrected chi connectivity index (χ1v) is 5.08. The summed E-state index contributed by atoms with van der Waals surface area (Å²) < 4.78 is 15.1. The second kappa shape index (κ2) is 5.27. The zero-order chi connectivity index (χ0) is 12.3. The van der Waals surface area contributed by atoms with E-state index >= 15 is 0 Å². The van der Waals surface area contributed by atoms with E-state index in [1.165, 1.54) is 13.8 Å². The zero-order valence-corrected chi connectivity index (χ0v) is 9.50. The Morgan fingerprint density at radius 3 is 2.31 bits per heavy atom. The van der Waals surface area contributed by atoms with Crippen LogP contribution >= 0.6 is 0 Å². The third-order valence-electron chi connectivity index (χ3n) is 2.25. The summed E-state index contributed by atoms with van der Waals surface area (Å²) in [5.74, 6) is -0.961. The van der Waals surface area contributed by atoms with E-state index in [0.717, 1.165) is 0 Å². The number of esters is 2. The normalized spacial score (nSPS) is 34.2. The first-order chi connectivity index (χ1) is 7.40. The molecule has 0 unspecified atom stereocenters. The van der Waals surface area contributed by atoms with Crippen LogP contribution in [0.15, 0.2) is 0 Å². The molecule has 1 rings (SSSR count). The summed E-state index contributed by atoms with van der Waals surface area (Å²) in [5.41, 5.74) is 0. The molecule has 1 N–H and O–H groups in total. The molecule has 0 bridgehead atoms. The second-order valence-electron chi connectivity index (χ2n) is 3.75. The van der Waals surface area contributed by atoms with Crippen LogP contribution in [0.1, 0.15) is 27.2 Å². The number of rotatable bonds is 2. The predicted molar refractivity (Wildman–Crippen MR) is 52.3 cm³/mol. The summed E-state index contributed by atoms with van der Waals surface area (Å²) in [6, 6.07) is 0. The highest BCUT2D eigenvalue weighted by Crippen LogP contribution is 2.24. The Bertz CT molecular complexity index is 276. The summed E-state index contributed by atoms with van der Waals surface area (Å²) in [7, 11) is 0. The molecule has 0 aliphatic carbocycles. The van der Waals surface area contributed by atoms with Crippen LogP contribution in [0.2, 0.25) is 0 Å². The van der Waals surface area contributed by atoms with Crippen molar-refractivity contribution in [1.82, 2.24) is 0 Å². The molecule has 1 aliphatic rings. The van der Waals surface area contributed by atoms with Gasteiger partial charge < -0.3 is 19.3 Å². The molecule has 0 aromatic heterocycles. The number of ether oxygens (including phenoxy) is 3. The summed E-state index contributed by atoms with van der Waals surface area (Å²) in [6.07, 6.45) is -2.77. The Kier molecular flexibility index (Phi) is 4.26. The SMILES string of the molecule is CC(=O)O[C@H]1[C@H](C)O[C@H](O)C[C@@H]1OC(C)=O. The lowest BCUT2D eigenvalue weighted by Crippen LogP contribution is -2.50. The van der Waals surface area contributed by atoms with Crippen LogP contribution in [0.4, 0.5) is 0 Å². The van der Waals surface area contributed by atoms with Crippen LogP contribution in [-0.4, -0.2) is 41.6 Å². The largest absolute Gasteiger partial charge is 0.458 e. The van der Waals surface area contributed by atoms with Gasteiger partial charge in [0.2, 0.25) is 0 Å². The summed E-state index contributed by atoms with van der Waals surface area (Å²) in [6.45, 7) is 4.17. The molecule has 16 heavy (non-hydrogen) atoms. The summed E-state index contributed by atoms with van der Waals surface area (Å²) in [4.78, 5) is 21.8. The lowest BCUT2D eigenvalue weighted by molar-refractivity contribution is -0.241. The number of hydrogen-bond donors (Lipinski definition) is 1. The molecule has 0 saturated carbocycles. The van der Waals surface area contributed by atoms with E-state index in [-0.39, 0.29) is 6.42 Å². The van der Waals surface area contributed by atoms with Gasteiger partial charge in [-0.05, 0) is 6.92 Å². The van der Waals surface area contributed by atoms with E-state index in [4.69, 9.17) is 14.2 Å². The fourth-order valence-corrected chi connectivity index (χ4v) is 1.71. The van der Waals surface area contributed by atoms with E-state index in [9.17, 15) is 14.7 Å². The molecule has 1 saturated heterocycles. The van der Waals surface area contributed by atoms with Crippen LogP contribution < -0.4 is 0 Å². The first-order valence-electron chi connectivity index (χ1n) is 5.08. The quantitative estimate of drug-likeness (QED) is 0.674. The van der Waals surface area contributed by atoms with Gasteiger partial charge in [-0.1, -0.05) is 0 Å². The Morgan fingerprint density at radius 2 is 1.81 bits per heavy atom. The molecule has 1 heterocycles. The topological polar surface area (TPSA) is 82.1 Å². The van der Waals surface area contributed by atoms with E-state index < -0.39 is 36.5 Å². The van der Waals surface area contributed by atoms with Gasteiger partial charge in [-0.2, -0.15) is 0 Å². The molecule has 1 fully saturated rings. The minimum Gasteiger partial charge on any atom is -0.458 e. The second-order valence-corrected chi connectivity index (χ2v) is 3.75. The molecule has 0 radical (unpaired) electrons. The average molecular weight is 232 g/mol. The highest BCUT2D eigenvalue weighted by atomic mass is 16.7. The number of aliphatic hydroxyl groups excluding tert-OH is 1. The van der Waals surface area contributed by atoms with Gasteiger partial charge in [0.15, 0.2) is 12.4 Å². The standard InChI is InChI=1S/C10H16O6/c1-5-10(16-7(3)12)8(15-6(2)11)4-9(13)14-5/h5,8-10,13H,4H2,1-3H3/t5-,8-,9-,10-/m0/s1. The van der Waals surface area contributed by atoms with E-state index in [1.807, 2.05) is 0 Å². The molecule has 92 valence electrons. The molecular formula is C10H16O6. The maximum Gasteiger partial charge on any atom is 0.303 e. The first kappa shape index (κ1) is 12.9. The molecule has 0 amide bonds. The summed E-state index contributed by atoms with van der Waals surface area (Å²) >= 11 is 0. The lowest BCUT2D eigenvalue weighted by atomic mass is 10.0. The van der Waals surface area contributed by atoms with Crippen molar-refractivity contribution in [3.8, 4) is 0 Å². The Labute approximate surface area is 93.5 Å². The van der Waals surface area contributed by atoms with Crippen molar-refractivity contribution in [2.75, 3.05) is 0 Å². The van der Waals surface area contributed by atoms with Crippen molar-refractivity contribution in [3.63, 3.8) is 0 Å². The van der Waals surface area contributed by atoms with Crippen LogP contribution in [0.3, 0.4) is 0 Å².